The lowest BCUT2D eigenvalue weighted by Crippen LogP contribution is -2.34. The lowest BCUT2D eigenvalue weighted by Gasteiger charge is -2.30. The van der Waals surface area contributed by atoms with Crippen LogP contribution in [0.1, 0.15) is 35.7 Å². The average molecular weight is 402 g/mol. The Bertz CT molecular complexity index is 1120. The SMILES string of the molecule is Cn1cc(CN2CCC[C@@H](c3nc4ccc(NCc5ccccc5)cn4n3)C2)cn1. The standard InChI is InChI=1S/C23H27N7/c1-28-14-19(13-25-28)15-29-11-5-8-20(16-29)23-26-22-10-9-21(17-30(22)27-23)24-12-18-6-3-2-4-7-18/h2-4,6-7,9-10,13-14,17,20,24H,5,8,11-12,15-16H2,1H3/t20-/m1/s1. The van der Waals surface area contributed by atoms with E-state index in [1.165, 1.54) is 17.5 Å². The maximum atomic E-state index is 4.82. The summed E-state index contributed by atoms with van der Waals surface area (Å²) < 4.78 is 3.77. The summed E-state index contributed by atoms with van der Waals surface area (Å²) in [5, 5.41) is 12.6. The molecule has 0 saturated carbocycles. The summed E-state index contributed by atoms with van der Waals surface area (Å²) in [6, 6.07) is 14.5. The molecule has 0 spiro atoms. The Balaban J connectivity index is 1.27. The molecule has 0 unspecified atom stereocenters. The molecule has 154 valence electrons. The van der Waals surface area contributed by atoms with Crippen molar-refractivity contribution >= 4 is 11.3 Å². The molecule has 1 N–H and O–H groups in total. The van der Waals surface area contributed by atoms with Crippen LogP contribution in [0.25, 0.3) is 5.65 Å². The summed E-state index contributed by atoms with van der Waals surface area (Å²) >= 11 is 0. The van der Waals surface area contributed by atoms with Crippen LogP contribution < -0.4 is 5.32 Å². The zero-order valence-electron chi connectivity index (χ0n) is 17.3. The molecule has 1 atom stereocenters. The van der Waals surface area contributed by atoms with Crippen LogP contribution in [0, 0.1) is 0 Å². The first-order valence-electron chi connectivity index (χ1n) is 10.6. The van der Waals surface area contributed by atoms with Crippen LogP contribution in [-0.4, -0.2) is 42.4 Å². The molecule has 0 bridgehead atoms. The predicted molar refractivity (Wildman–Crippen MR) is 117 cm³/mol. The normalized spacial score (nSPS) is 17.4. The van der Waals surface area contributed by atoms with Crippen molar-refractivity contribution in [2.45, 2.75) is 31.8 Å². The van der Waals surface area contributed by atoms with Crippen LogP contribution in [-0.2, 0) is 20.1 Å². The molecule has 1 fully saturated rings. The highest BCUT2D eigenvalue weighted by atomic mass is 15.3. The van der Waals surface area contributed by atoms with Gasteiger partial charge in [0.15, 0.2) is 11.5 Å². The maximum absolute atomic E-state index is 4.82. The topological polar surface area (TPSA) is 63.3 Å². The molecule has 0 amide bonds. The van der Waals surface area contributed by atoms with Gasteiger partial charge < -0.3 is 5.32 Å². The first-order chi connectivity index (χ1) is 14.7. The molecule has 7 nitrogen and oxygen atoms in total. The second kappa shape index (κ2) is 8.28. The number of rotatable bonds is 6. The fraction of sp³-hybridized carbons (Fsp3) is 0.348. The quantitative estimate of drug-likeness (QED) is 0.536. The fourth-order valence-electron chi connectivity index (χ4n) is 4.20. The van der Waals surface area contributed by atoms with Crippen LogP contribution in [0.5, 0.6) is 0 Å². The zero-order chi connectivity index (χ0) is 20.3. The number of pyridine rings is 1. The van der Waals surface area contributed by atoms with E-state index in [9.17, 15) is 0 Å². The smallest absolute Gasteiger partial charge is 0.156 e. The number of nitrogens with one attached hydrogen (secondary N) is 1. The second-order valence-electron chi connectivity index (χ2n) is 8.13. The van der Waals surface area contributed by atoms with Gasteiger partial charge in [0.1, 0.15) is 0 Å². The van der Waals surface area contributed by atoms with Gasteiger partial charge in [0.05, 0.1) is 18.1 Å². The van der Waals surface area contributed by atoms with Crippen molar-refractivity contribution in [2.75, 3.05) is 18.4 Å². The third-order valence-corrected chi connectivity index (χ3v) is 5.72. The van der Waals surface area contributed by atoms with Crippen LogP contribution in [0.3, 0.4) is 0 Å². The lowest BCUT2D eigenvalue weighted by molar-refractivity contribution is 0.196. The summed E-state index contributed by atoms with van der Waals surface area (Å²) in [4.78, 5) is 7.31. The predicted octanol–water partition coefficient (Wildman–Crippen LogP) is 3.45. The number of benzene rings is 1. The van der Waals surface area contributed by atoms with E-state index in [1.54, 1.807) is 0 Å². The molecular weight excluding hydrogens is 374 g/mol. The number of hydrogen-bond donors (Lipinski definition) is 1. The number of piperidine rings is 1. The van der Waals surface area contributed by atoms with Crippen LogP contribution in [0.4, 0.5) is 5.69 Å². The Morgan fingerprint density at radius 2 is 1.97 bits per heavy atom. The van der Waals surface area contributed by atoms with Gasteiger partial charge in [0.25, 0.3) is 0 Å². The van der Waals surface area contributed by atoms with E-state index in [4.69, 9.17) is 10.1 Å². The number of hydrogen-bond acceptors (Lipinski definition) is 5. The number of aryl methyl sites for hydroxylation is 1. The van der Waals surface area contributed by atoms with Crippen molar-refractivity contribution in [3.8, 4) is 0 Å². The minimum absolute atomic E-state index is 0.371. The van der Waals surface area contributed by atoms with Crippen molar-refractivity contribution in [3.63, 3.8) is 0 Å². The van der Waals surface area contributed by atoms with E-state index in [1.807, 2.05) is 40.8 Å². The molecule has 30 heavy (non-hydrogen) atoms. The van der Waals surface area contributed by atoms with Gasteiger partial charge in [-0.05, 0) is 37.1 Å². The number of aromatic nitrogens is 5. The van der Waals surface area contributed by atoms with E-state index in [0.717, 1.165) is 49.8 Å². The van der Waals surface area contributed by atoms with Gasteiger partial charge in [-0.3, -0.25) is 9.58 Å². The third-order valence-electron chi connectivity index (χ3n) is 5.72. The number of anilines is 1. The monoisotopic (exact) mass is 401 g/mol. The first-order valence-corrected chi connectivity index (χ1v) is 10.6. The second-order valence-corrected chi connectivity index (χ2v) is 8.13. The third kappa shape index (κ3) is 4.21. The number of nitrogens with zero attached hydrogens (tertiary/aromatic N) is 6. The van der Waals surface area contributed by atoms with E-state index >= 15 is 0 Å². The molecular formula is C23H27N7. The van der Waals surface area contributed by atoms with E-state index in [-0.39, 0.29) is 0 Å². The highest BCUT2D eigenvalue weighted by Gasteiger charge is 2.25. The highest BCUT2D eigenvalue weighted by Crippen LogP contribution is 2.26. The number of likely N-dealkylation sites (tertiary alicyclic amines) is 1. The van der Waals surface area contributed by atoms with Crippen molar-refractivity contribution in [3.05, 3.63) is 78.0 Å². The molecule has 1 aliphatic rings. The molecule has 5 rings (SSSR count). The summed E-state index contributed by atoms with van der Waals surface area (Å²) in [6.07, 6.45) is 8.39. The molecule has 3 aromatic heterocycles. The number of fused-ring (bicyclic) bond motifs is 1. The summed E-state index contributed by atoms with van der Waals surface area (Å²) in [5.74, 6) is 1.32. The average Bonchev–Trinajstić information content (AvgIpc) is 3.38. The minimum atomic E-state index is 0.371. The van der Waals surface area contributed by atoms with Crippen molar-refractivity contribution < 1.29 is 0 Å². The van der Waals surface area contributed by atoms with Gasteiger partial charge in [-0.1, -0.05) is 30.3 Å². The minimum Gasteiger partial charge on any atom is -0.380 e. The van der Waals surface area contributed by atoms with E-state index in [2.05, 4.69) is 51.8 Å². The maximum Gasteiger partial charge on any atom is 0.156 e. The summed E-state index contributed by atoms with van der Waals surface area (Å²) in [6.45, 7) is 3.84. The molecule has 4 aromatic rings. The molecule has 4 heterocycles. The Labute approximate surface area is 176 Å². The molecule has 0 radical (unpaired) electrons. The molecule has 7 heteroatoms. The zero-order valence-corrected chi connectivity index (χ0v) is 17.3. The Morgan fingerprint density at radius 3 is 2.80 bits per heavy atom. The summed E-state index contributed by atoms with van der Waals surface area (Å²) in [5.41, 5.74) is 4.47. The van der Waals surface area contributed by atoms with Gasteiger partial charge in [-0.15, -0.1) is 0 Å². The lowest BCUT2D eigenvalue weighted by atomic mass is 9.97. The Hall–Kier alpha value is -3.19. The highest BCUT2D eigenvalue weighted by molar-refractivity contribution is 5.49. The first kappa shape index (κ1) is 18.8. The Kier molecular flexibility index (Phi) is 5.19. The fourth-order valence-corrected chi connectivity index (χ4v) is 4.20. The van der Waals surface area contributed by atoms with Crippen molar-refractivity contribution in [2.24, 2.45) is 7.05 Å². The van der Waals surface area contributed by atoms with Gasteiger partial charge in [0, 0.05) is 44.4 Å². The van der Waals surface area contributed by atoms with E-state index in [0.29, 0.717) is 5.92 Å². The van der Waals surface area contributed by atoms with Gasteiger partial charge in [0.2, 0.25) is 0 Å². The Morgan fingerprint density at radius 1 is 1.07 bits per heavy atom. The summed E-state index contributed by atoms with van der Waals surface area (Å²) in [7, 11) is 1.96. The van der Waals surface area contributed by atoms with Crippen LogP contribution in [0.15, 0.2) is 61.1 Å². The van der Waals surface area contributed by atoms with Crippen molar-refractivity contribution in [1.29, 1.82) is 0 Å². The molecule has 1 aliphatic heterocycles. The molecule has 1 saturated heterocycles. The molecule has 0 aliphatic carbocycles. The van der Waals surface area contributed by atoms with Gasteiger partial charge in [-0.25, -0.2) is 9.50 Å². The van der Waals surface area contributed by atoms with Gasteiger partial charge >= 0.3 is 0 Å². The van der Waals surface area contributed by atoms with Crippen LogP contribution >= 0.6 is 0 Å². The largest absolute Gasteiger partial charge is 0.380 e. The van der Waals surface area contributed by atoms with E-state index < -0.39 is 0 Å². The molecule has 1 aromatic carbocycles. The van der Waals surface area contributed by atoms with Gasteiger partial charge in [-0.2, -0.15) is 10.2 Å². The van der Waals surface area contributed by atoms with Crippen molar-refractivity contribution in [1.82, 2.24) is 29.3 Å². The van der Waals surface area contributed by atoms with Crippen LogP contribution in [0.2, 0.25) is 0 Å².